The van der Waals surface area contributed by atoms with Crippen LogP contribution in [0.15, 0.2) is 30.6 Å². The van der Waals surface area contributed by atoms with Gasteiger partial charge < -0.3 is 4.90 Å². The van der Waals surface area contributed by atoms with Gasteiger partial charge in [-0.3, -0.25) is 19.6 Å². The van der Waals surface area contributed by atoms with E-state index in [0.29, 0.717) is 18.3 Å². The lowest BCUT2D eigenvalue weighted by Crippen LogP contribution is -2.32. The smallest absolute Gasteiger partial charge is 0.272 e. The van der Waals surface area contributed by atoms with E-state index in [1.54, 1.807) is 12.4 Å². The van der Waals surface area contributed by atoms with Crippen molar-refractivity contribution in [3.63, 3.8) is 0 Å². The number of carbonyl (C=O) groups is 1. The van der Waals surface area contributed by atoms with Crippen LogP contribution in [-0.4, -0.2) is 41.8 Å². The second-order valence-electron chi connectivity index (χ2n) is 6.86. The predicted octanol–water partition coefficient (Wildman–Crippen LogP) is 2.63. The predicted molar refractivity (Wildman–Crippen MR) is 97.4 cm³/mol. The van der Waals surface area contributed by atoms with Gasteiger partial charge in [0.1, 0.15) is 5.69 Å². The summed E-state index contributed by atoms with van der Waals surface area (Å²) in [4.78, 5) is 19.0. The first-order chi connectivity index (χ1) is 12.5. The summed E-state index contributed by atoms with van der Waals surface area (Å²) < 4.78 is 1.83. The Balaban J connectivity index is 1.60. The van der Waals surface area contributed by atoms with Crippen molar-refractivity contribution >= 4 is 5.91 Å². The molecule has 0 aromatic carbocycles. The van der Waals surface area contributed by atoms with Gasteiger partial charge in [-0.25, -0.2) is 0 Å². The largest absolute Gasteiger partial charge is 0.330 e. The Morgan fingerprint density at radius 3 is 2.65 bits per heavy atom. The van der Waals surface area contributed by atoms with Crippen LogP contribution in [0.1, 0.15) is 40.3 Å². The topological polar surface area (TPSA) is 79.7 Å². The minimum atomic E-state index is -0.0118. The number of aromatic amines is 1. The Morgan fingerprint density at radius 1 is 1.31 bits per heavy atom. The monoisotopic (exact) mass is 350 g/mol. The first-order valence-electron chi connectivity index (χ1n) is 8.80. The maximum Gasteiger partial charge on any atom is 0.272 e. The lowest BCUT2D eigenvalue weighted by molar-refractivity contribution is 0.0724. The van der Waals surface area contributed by atoms with Crippen LogP contribution in [0.3, 0.4) is 0 Å². The Bertz CT molecular complexity index is 938. The summed E-state index contributed by atoms with van der Waals surface area (Å²) in [5, 5.41) is 11.7. The highest BCUT2D eigenvalue weighted by molar-refractivity contribution is 5.94. The standard InChI is InChI=1S/C19H22N6O/c1-12-18(13(2)24(3)23-12)16-10-17(22-21-16)19(26)25(15-4-5-15)11-14-6-8-20-9-7-14/h6-10,15H,4-5,11H2,1-3H3,(H,21,22). The van der Waals surface area contributed by atoms with E-state index in [2.05, 4.69) is 20.3 Å². The molecule has 0 spiro atoms. The molecule has 1 aliphatic rings. The molecule has 26 heavy (non-hydrogen) atoms. The van der Waals surface area contributed by atoms with E-state index in [9.17, 15) is 4.79 Å². The number of carbonyl (C=O) groups excluding carboxylic acids is 1. The van der Waals surface area contributed by atoms with Gasteiger partial charge in [0, 0.05) is 43.3 Å². The van der Waals surface area contributed by atoms with Gasteiger partial charge in [-0.15, -0.1) is 0 Å². The van der Waals surface area contributed by atoms with Crippen molar-refractivity contribution in [3.8, 4) is 11.3 Å². The van der Waals surface area contributed by atoms with Crippen LogP contribution in [-0.2, 0) is 13.6 Å². The molecule has 0 unspecified atom stereocenters. The maximum atomic E-state index is 13.1. The van der Waals surface area contributed by atoms with Crippen molar-refractivity contribution in [2.75, 3.05) is 0 Å². The van der Waals surface area contributed by atoms with Gasteiger partial charge in [0.05, 0.1) is 11.4 Å². The van der Waals surface area contributed by atoms with Crippen molar-refractivity contribution < 1.29 is 4.79 Å². The lowest BCUT2D eigenvalue weighted by atomic mass is 10.1. The molecular weight excluding hydrogens is 328 g/mol. The molecule has 1 aliphatic carbocycles. The van der Waals surface area contributed by atoms with Crippen LogP contribution in [0.4, 0.5) is 0 Å². The quantitative estimate of drug-likeness (QED) is 0.767. The molecule has 1 amide bonds. The summed E-state index contributed by atoms with van der Waals surface area (Å²) in [6, 6.07) is 6.04. The number of hydrogen-bond acceptors (Lipinski definition) is 4. The number of aromatic nitrogens is 5. The summed E-state index contributed by atoms with van der Waals surface area (Å²) in [5.74, 6) is -0.0118. The van der Waals surface area contributed by atoms with E-state index in [1.165, 1.54) is 0 Å². The van der Waals surface area contributed by atoms with Crippen LogP contribution < -0.4 is 0 Å². The van der Waals surface area contributed by atoms with E-state index in [1.807, 2.05) is 48.7 Å². The first kappa shape index (κ1) is 16.5. The summed E-state index contributed by atoms with van der Waals surface area (Å²) in [6.45, 7) is 4.55. The zero-order valence-corrected chi connectivity index (χ0v) is 15.2. The maximum absolute atomic E-state index is 13.1. The number of nitrogens with zero attached hydrogens (tertiary/aromatic N) is 5. The van der Waals surface area contributed by atoms with Gasteiger partial charge in [-0.1, -0.05) is 0 Å². The third kappa shape index (κ3) is 3.00. The Hall–Kier alpha value is -2.96. The SMILES string of the molecule is Cc1nn(C)c(C)c1-c1cc(C(=O)N(Cc2ccncc2)C2CC2)[nH]n1. The Morgan fingerprint density at radius 2 is 2.04 bits per heavy atom. The highest BCUT2D eigenvalue weighted by Gasteiger charge is 2.34. The molecule has 7 heteroatoms. The number of nitrogens with one attached hydrogen (secondary N) is 1. The minimum Gasteiger partial charge on any atom is -0.330 e. The van der Waals surface area contributed by atoms with E-state index in [4.69, 9.17) is 0 Å². The number of hydrogen-bond donors (Lipinski definition) is 1. The molecule has 3 aromatic rings. The van der Waals surface area contributed by atoms with Gasteiger partial charge >= 0.3 is 0 Å². The lowest BCUT2D eigenvalue weighted by Gasteiger charge is -2.21. The second-order valence-corrected chi connectivity index (χ2v) is 6.86. The third-order valence-corrected chi connectivity index (χ3v) is 4.92. The summed E-state index contributed by atoms with van der Waals surface area (Å²) >= 11 is 0. The molecule has 3 heterocycles. The summed E-state index contributed by atoms with van der Waals surface area (Å²) in [5.41, 5.74) is 5.28. The number of amides is 1. The van der Waals surface area contributed by atoms with Gasteiger partial charge in [-0.2, -0.15) is 10.2 Å². The van der Waals surface area contributed by atoms with Crippen LogP contribution in [0.2, 0.25) is 0 Å². The molecule has 1 N–H and O–H groups in total. The second kappa shape index (κ2) is 6.40. The van der Waals surface area contributed by atoms with Gasteiger partial charge in [0.2, 0.25) is 0 Å². The molecule has 1 saturated carbocycles. The first-order valence-corrected chi connectivity index (χ1v) is 8.80. The fourth-order valence-corrected chi connectivity index (χ4v) is 3.30. The molecule has 0 saturated heterocycles. The average Bonchev–Trinajstić information content (AvgIpc) is 3.31. The van der Waals surface area contributed by atoms with Gasteiger partial charge in [0.15, 0.2) is 0 Å². The summed E-state index contributed by atoms with van der Waals surface area (Å²) in [7, 11) is 1.91. The van der Waals surface area contributed by atoms with Crippen molar-refractivity contribution in [2.24, 2.45) is 7.05 Å². The normalized spacial score (nSPS) is 13.8. The van der Waals surface area contributed by atoms with Crippen molar-refractivity contribution in [2.45, 2.75) is 39.3 Å². The Labute approximate surface area is 152 Å². The highest BCUT2D eigenvalue weighted by atomic mass is 16.2. The van der Waals surface area contributed by atoms with Crippen LogP contribution >= 0.6 is 0 Å². The Kier molecular flexibility index (Phi) is 4.06. The molecule has 0 aliphatic heterocycles. The number of pyridine rings is 1. The minimum absolute atomic E-state index is 0.0118. The number of aryl methyl sites for hydroxylation is 2. The van der Waals surface area contributed by atoms with Crippen molar-refractivity contribution in [3.05, 3.63) is 53.2 Å². The molecule has 4 rings (SSSR count). The molecule has 134 valence electrons. The molecule has 0 atom stereocenters. The van der Waals surface area contributed by atoms with E-state index < -0.39 is 0 Å². The van der Waals surface area contributed by atoms with Crippen LogP contribution in [0, 0.1) is 13.8 Å². The van der Waals surface area contributed by atoms with Crippen molar-refractivity contribution in [1.82, 2.24) is 29.9 Å². The fourth-order valence-electron chi connectivity index (χ4n) is 3.30. The van der Waals surface area contributed by atoms with Gasteiger partial charge in [-0.05, 0) is 50.5 Å². The zero-order chi connectivity index (χ0) is 18.3. The van der Waals surface area contributed by atoms with Gasteiger partial charge in [0.25, 0.3) is 5.91 Å². The van der Waals surface area contributed by atoms with E-state index in [-0.39, 0.29) is 5.91 Å². The summed E-state index contributed by atoms with van der Waals surface area (Å²) in [6.07, 6.45) is 5.62. The molecule has 3 aromatic heterocycles. The van der Waals surface area contributed by atoms with Crippen LogP contribution in [0.25, 0.3) is 11.3 Å². The highest BCUT2D eigenvalue weighted by Crippen LogP contribution is 2.31. The van der Waals surface area contributed by atoms with Crippen LogP contribution in [0.5, 0.6) is 0 Å². The molecular formula is C19H22N6O. The molecule has 0 radical (unpaired) electrons. The molecule has 7 nitrogen and oxygen atoms in total. The number of H-pyrrole nitrogens is 1. The zero-order valence-electron chi connectivity index (χ0n) is 15.2. The molecule has 1 fully saturated rings. The third-order valence-electron chi connectivity index (χ3n) is 4.92. The molecule has 0 bridgehead atoms. The fraction of sp³-hybridized carbons (Fsp3) is 0.368. The van der Waals surface area contributed by atoms with E-state index in [0.717, 1.165) is 41.1 Å². The number of rotatable bonds is 5. The van der Waals surface area contributed by atoms with E-state index >= 15 is 0 Å². The average molecular weight is 350 g/mol. The van der Waals surface area contributed by atoms with Crippen molar-refractivity contribution in [1.29, 1.82) is 0 Å².